The Labute approximate surface area is 114 Å². The highest BCUT2D eigenvalue weighted by Crippen LogP contribution is 2.32. The fourth-order valence-corrected chi connectivity index (χ4v) is 2.68. The van der Waals surface area contributed by atoms with Crippen LogP contribution in [0, 0.1) is 0 Å². The zero-order valence-corrected chi connectivity index (χ0v) is 11.7. The fraction of sp³-hybridized carbons (Fsp3) is 0.417. The van der Waals surface area contributed by atoms with E-state index in [4.69, 9.17) is 4.52 Å². The smallest absolute Gasteiger partial charge is 0.167 e. The molecule has 3 rings (SSSR count). The molecule has 0 amide bonds. The molecule has 3 nitrogen and oxygen atoms in total. The van der Waals surface area contributed by atoms with Crippen molar-refractivity contribution in [1.29, 1.82) is 0 Å². The minimum absolute atomic E-state index is 0. The highest BCUT2D eigenvalue weighted by molar-refractivity contribution is 9.10. The lowest BCUT2D eigenvalue weighted by molar-refractivity contribution is 0.404. The second-order valence-electron chi connectivity index (χ2n) is 4.23. The molecule has 1 aromatic heterocycles. The van der Waals surface area contributed by atoms with Crippen molar-refractivity contribution in [2.75, 3.05) is 13.1 Å². The Balaban J connectivity index is 0.00000108. The van der Waals surface area contributed by atoms with Crippen LogP contribution in [0.5, 0.6) is 0 Å². The molecule has 17 heavy (non-hydrogen) atoms. The van der Waals surface area contributed by atoms with E-state index in [0.29, 0.717) is 5.92 Å². The van der Waals surface area contributed by atoms with Gasteiger partial charge in [-0.05, 0) is 44.1 Å². The summed E-state index contributed by atoms with van der Waals surface area (Å²) in [5.41, 5.74) is 2.01. The lowest BCUT2D eigenvalue weighted by atomic mass is 9.93. The van der Waals surface area contributed by atoms with Crippen molar-refractivity contribution in [3.63, 3.8) is 0 Å². The predicted molar refractivity (Wildman–Crippen MR) is 73.8 cm³/mol. The molecule has 2 aromatic rings. The van der Waals surface area contributed by atoms with Gasteiger partial charge < -0.3 is 9.84 Å². The minimum atomic E-state index is 0. The third kappa shape index (κ3) is 2.49. The normalized spacial score (nSPS) is 17.0. The summed E-state index contributed by atoms with van der Waals surface area (Å²) in [6.45, 7) is 2.15. The van der Waals surface area contributed by atoms with Crippen molar-refractivity contribution in [2.45, 2.75) is 18.8 Å². The molecule has 1 aliphatic heterocycles. The summed E-state index contributed by atoms with van der Waals surface area (Å²) in [6.07, 6.45) is 2.29. The number of hydrogen-bond donors (Lipinski definition) is 1. The first-order valence-corrected chi connectivity index (χ1v) is 6.39. The van der Waals surface area contributed by atoms with Crippen LogP contribution in [0.3, 0.4) is 0 Å². The lowest BCUT2D eigenvalue weighted by Gasteiger charge is -2.20. The molecule has 0 unspecified atom stereocenters. The number of nitrogens with zero attached hydrogens (tertiary/aromatic N) is 1. The molecule has 2 heterocycles. The van der Waals surface area contributed by atoms with Gasteiger partial charge in [-0.3, -0.25) is 0 Å². The summed E-state index contributed by atoms with van der Waals surface area (Å²) in [4.78, 5) is 0. The molecule has 92 valence electrons. The van der Waals surface area contributed by atoms with Gasteiger partial charge in [-0.2, -0.15) is 0 Å². The maximum atomic E-state index is 5.37. The van der Waals surface area contributed by atoms with Crippen molar-refractivity contribution in [1.82, 2.24) is 10.5 Å². The van der Waals surface area contributed by atoms with Crippen LogP contribution >= 0.6 is 28.3 Å². The first-order chi connectivity index (χ1) is 7.84. The number of hydrogen-bond acceptors (Lipinski definition) is 3. The van der Waals surface area contributed by atoms with Gasteiger partial charge in [-0.25, -0.2) is 0 Å². The molecule has 1 saturated heterocycles. The largest absolute Gasteiger partial charge is 0.356 e. The first kappa shape index (κ1) is 12.9. The van der Waals surface area contributed by atoms with Gasteiger partial charge in [0.2, 0.25) is 0 Å². The standard InChI is InChI=1S/C12H13BrN2O.ClH/c13-9-1-2-11-10(7-9)12(15-16-11)8-3-5-14-6-4-8;/h1-2,7-8,14H,3-6H2;1H. The van der Waals surface area contributed by atoms with Crippen molar-refractivity contribution >= 4 is 39.3 Å². The highest BCUT2D eigenvalue weighted by atomic mass is 79.9. The van der Waals surface area contributed by atoms with Gasteiger partial charge in [-0.15, -0.1) is 12.4 Å². The molecule has 0 aliphatic carbocycles. The van der Waals surface area contributed by atoms with Crippen LogP contribution in [-0.2, 0) is 0 Å². The Morgan fingerprint density at radius 1 is 1.29 bits per heavy atom. The molecule has 0 saturated carbocycles. The number of piperidine rings is 1. The second-order valence-corrected chi connectivity index (χ2v) is 5.15. The van der Waals surface area contributed by atoms with Crippen LogP contribution in [0.25, 0.3) is 11.0 Å². The molecule has 5 heteroatoms. The Morgan fingerprint density at radius 3 is 2.82 bits per heavy atom. The van der Waals surface area contributed by atoms with Crippen LogP contribution in [0.2, 0.25) is 0 Å². The molecular formula is C12H14BrClN2O. The number of halogens is 2. The monoisotopic (exact) mass is 316 g/mol. The molecule has 1 aromatic carbocycles. The van der Waals surface area contributed by atoms with E-state index in [1.54, 1.807) is 0 Å². The van der Waals surface area contributed by atoms with E-state index in [1.807, 2.05) is 12.1 Å². The molecule has 0 spiro atoms. The van der Waals surface area contributed by atoms with Crippen molar-refractivity contribution < 1.29 is 4.52 Å². The number of aromatic nitrogens is 1. The van der Waals surface area contributed by atoms with Gasteiger partial charge in [0.15, 0.2) is 5.58 Å². The quantitative estimate of drug-likeness (QED) is 0.875. The Bertz CT molecular complexity index is 508. The van der Waals surface area contributed by atoms with Crippen LogP contribution in [0.15, 0.2) is 27.2 Å². The van der Waals surface area contributed by atoms with E-state index < -0.39 is 0 Å². The first-order valence-electron chi connectivity index (χ1n) is 5.60. The third-order valence-electron chi connectivity index (χ3n) is 3.19. The van der Waals surface area contributed by atoms with Crippen LogP contribution < -0.4 is 5.32 Å². The number of rotatable bonds is 1. The summed E-state index contributed by atoms with van der Waals surface area (Å²) in [6, 6.07) is 6.06. The highest BCUT2D eigenvalue weighted by Gasteiger charge is 2.21. The average Bonchev–Trinajstić information content (AvgIpc) is 2.73. The van der Waals surface area contributed by atoms with E-state index in [9.17, 15) is 0 Å². The van der Waals surface area contributed by atoms with Crippen LogP contribution in [0.1, 0.15) is 24.5 Å². The summed E-state index contributed by atoms with van der Waals surface area (Å²) in [5.74, 6) is 0.539. The zero-order valence-electron chi connectivity index (χ0n) is 9.28. The van der Waals surface area contributed by atoms with Gasteiger partial charge in [0.05, 0.1) is 5.69 Å². The van der Waals surface area contributed by atoms with Gasteiger partial charge in [0, 0.05) is 15.8 Å². The van der Waals surface area contributed by atoms with Gasteiger partial charge in [-0.1, -0.05) is 21.1 Å². The van der Waals surface area contributed by atoms with E-state index >= 15 is 0 Å². The van der Waals surface area contributed by atoms with Gasteiger partial charge >= 0.3 is 0 Å². The van der Waals surface area contributed by atoms with E-state index in [1.165, 1.54) is 0 Å². The SMILES string of the molecule is Brc1ccc2onc(C3CCNCC3)c2c1.Cl. The number of benzene rings is 1. The van der Waals surface area contributed by atoms with Gasteiger partial charge in [0.1, 0.15) is 0 Å². The van der Waals surface area contributed by atoms with Crippen LogP contribution in [0.4, 0.5) is 0 Å². The fourth-order valence-electron chi connectivity index (χ4n) is 2.32. The van der Waals surface area contributed by atoms with Crippen molar-refractivity contribution in [3.8, 4) is 0 Å². The number of fused-ring (bicyclic) bond motifs is 1. The van der Waals surface area contributed by atoms with E-state index in [2.05, 4.69) is 32.5 Å². The number of nitrogens with one attached hydrogen (secondary N) is 1. The molecule has 0 atom stereocenters. The van der Waals surface area contributed by atoms with Gasteiger partial charge in [0.25, 0.3) is 0 Å². The molecule has 1 N–H and O–H groups in total. The Morgan fingerprint density at radius 2 is 2.06 bits per heavy atom. The molecule has 0 radical (unpaired) electrons. The molecule has 1 fully saturated rings. The Kier molecular flexibility index (Phi) is 4.07. The Hall–Kier alpha value is -0.580. The molecule has 1 aliphatic rings. The predicted octanol–water partition coefficient (Wildman–Crippen LogP) is 3.48. The van der Waals surface area contributed by atoms with Crippen molar-refractivity contribution in [3.05, 3.63) is 28.4 Å². The maximum absolute atomic E-state index is 5.37. The summed E-state index contributed by atoms with van der Waals surface area (Å²) in [7, 11) is 0. The lowest BCUT2D eigenvalue weighted by Crippen LogP contribution is -2.26. The summed E-state index contributed by atoms with van der Waals surface area (Å²) < 4.78 is 6.45. The second kappa shape index (κ2) is 5.38. The average molecular weight is 318 g/mol. The van der Waals surface area contributed by atoms with Crippen molar-refractivity contribution in [2.24, 2.45) is 0 Å². The minimum Gasteiger partial charge on any atom is -0.356 e. The summed E-state index contributed by atoms with van der Waals surface area (Å²) in [5, 5.41) is 8.76. The molecule has 0 bridgehead atoms. The molecular weight excluding hydrogens is 304 g/mol. The summed E-state index contributed by atoms with van der Waals surface area (Å²) >= 11 is 3.49. The third-order valence-corrected chi connectivity index (χ3v) is 3.68. The zero-order chi connectivity index (χ0) is 11.0. The topological polar surface area (TPSA) is 38.1 Å². The van der Waals surface area contributed by atoms with E-state index in [-0.39, 0.29) is 12.4 Å². The van der Waals surface area contributed by atoms with E-state index in [0.717, 1.165) is 47.1 Å². The maximum Gasteiger partial charge on any atom is 0.167 e. The van der Waals surface area contributed by atoms with Crippen LogP contribution in [-0.4, -0.2) is 18.2 Å².